The number of nitrogens with one attached hydrogen (secondary N) is 3. The van der Waals surface area contributed by atoms with Gasteiger partial charge in [-0.15, -0.1) is 0 Å². The smallest absolute Gasteiger partial charge is 0.343 e. The number of aliphatic hydroxyl groups is 3. The van der Waals surface area contributed by atoms with Gasteiger partial charge in [0, 0.05) is 0 Å². The molecule has 2 aliphatic rings. The summed E-state index contributed by atoms with van der Waals surface area (Å²) < 4.78 is 19.8. The standard InChI is InChI=1S/C10H13ClFN5O4/c11-10(12)16-8-4(14-2-15-8)7(13)17(10)9-6(20)5(19)3(1-18)21-9/h2-3,5-6,9,13,16,18-20H,1H2,(H,14,15)/t3-,5-,6+,9?,10?/m1/s1. The van der Waals surface area contributed by atoms with Crippen LogP contribution in [-0.2, 0) is 4.74 Å². The number of nitrogens with zero attached hydrogens (tertiary/aromatic N) is 2. The number of hydrogen-bond acceptors (Lipinski definition) is 7. The van der Waals surface area contributed by atoms with Crippen molar-refractivity contribution in [1.29, 1.82) is 5.41 Å². The molecule has 0 aliphatic carbocycles. The highest BCUT2D eigenvalue weighted by Gasteiger charge is 2.55. The third kappa shape index (κ3) is 2.07. The van der Waals surface area contributed by atoms with Crippen molar-refractivity contribution >= 4 is 23.3 Å². The van der Waals surface area contributed by atoms with Crippen LogP contribution >= 0.6 is 11.6 Å². The van der Waals surface area contributed by atoms with Gasteiger partial charge in [-0.2, -0.15) is 4.39 Å². The van der Waals surface area contributed by atoms with Crippen LogP contribution in [0, 0.1) is 5.41 Å². The predicted molar refractivity (Wildman–Crippen MR) is 68.3 cm³/mol. The van der Waals surface area contributed by atoms with E-state index in [0.29, 0.717) is 4.90 Å². The molecule has 11 heteroatoms. The molecule has 3 heterocycles. The van der Waals surface area contributed by atoms with Gasteiger partial charge in [0.15, 0.2) is 17.9 Å². The number of anilines is 1. The second-order valence-corrected chi connectivity index (χ2v) is 5.24. The lowest BCUT2D eigenvalue weighted by Gasteiger charge is -2.42. The fourth-order valence-corrected chi connectivity index (χ4v) is 2.68. The number of fused-ring (bicyclic) bond motifs is 1. The third-order valence-electron chi connectivity index (χ3n) is 3.46. The fourth-order valence-electron chi connectivity index (χ4n) is 2.41. The molecule has 2 unspecified atom stereocenters. The number of imidazole rings is 1. The van der Waals surface area contributed by atoms with Crippen LogP contribution in [-0.4, -0.2) is 72.5 Å². The Bertz CT molecular complexity index is 569. The van der Waals surface area contributed by atoms with E-state index in [1.807, 2.05) is 0 Å². The number of alkyl halides is 2. The topological polar surface area (TPSA) is 138 Å². The zero-order valence-corrected chi connectivity index (χ0v) is 11.3. The first-order valence-electron chi connectivity index (χ1n) is 6.07. The van der Waals surface area contributed by atoms with Crippen molar-refractivity contribution in [2.24, 2.45) is 0 Å². The summed E-state index contributed by atoms with van der Waals surface area (Å²) in [5, 5.41) is 36.2. The van der Waals surface area contributed by atoms with Crippen LogP contribution in [0.15, 0.2) is 6.33 Å². The molecule has 1 aromatic heterocycles. The maximum absolute atomic E-state index is 14.6. The van der Waals surface area contributed by atoms with Gasteiger partial charge in [0.05, 0.1) is 12.9 Å². The van der Waals surface area contributed by atoms with Gasteiger partial charge >= 0.3 is 5.38 Å². The van der Waals surface area contributed by atoms with Crippen LogP contribution in [0.25, 0.3) is 0 Å². The van der Waals surface area contributed by atoms with Gasteiger partial charge in [-0.05, 0) is 11.6 Å². The van der Waals surface area contributed by atoms with E-state index >= 15 is 0 Å². The number of rotatable bonds is 2. The molecule has 0 amide bonds. The number of H-pyrrole nitrogens is 1. The van der Waals surface area contributed by atoms with E-state index in [0.717, 1.165) is 0 Å². The summed E-state index contributed by atoms with van der Waals surface area (Å²) in [6.07, 6.45) is -4.28. The molecule has 1 saturated heterocycles. The van der Waals surface area contributed by atoms with Crippen molar-refractivity contribution in [3.63, 3.8) is 0 Å². The predicted octanol–water partition coefficient (Wildman–Crippen LogP) is -1.28. The lowest BCUT2D eigenvalue weighted by Crippen LogP contribution is -2.61. The molecular formula is C10H13ClFN5O4. The minimum Gasteiger partial charge on any atom is -0.394 e. The monoisotopic (exact) mass is 321 g/mol. The number of amidine groups is 1. The fraction of sp³-hybridized carbons (Fsp3) is 0.600. The van der Waals surface area contributed by atoms with Gasteiger partial charge in [-0.25, -0.2) is 4.98 Å². The van der Waals surface area contributed by atoms with Crippen LogP contribution < -0.4 is 5.32 Å². The molecule has 6 N–H and O–H groups in total. The Morgan fingerprint density at radius 3 is 2.86 bits per heavy atom. The molecule has 5 atom stereocenters. The lowest BCUT2D eigenvalue weighted by atomic mass is 10.1. The van der Waals surface area contributed by atoms with Crippen LogP contribution in [0.3, 0.4) is 0 Å². The largest absolute Gasteiger partial charge is 0.394 e. The van der Waals surface area contributed by atoms with E-state index in [4.69, 9.17) is 26.9 Å². The summed E-state index contributed by atoms with van der Waals surface area (Å²) in [5.74, 6) is -0.367. The summed E-state index contributed by atoms with van der Waals surface area (Å²) in [6, 6.07) is 0. The molecule has 3 rings (SSSR count). The van der Waals surface area contributed by atoms with Crippen LogP contribution in [0.4, 0.5) is 10.2 Å². The molecule has 0 saturated carbocycles. The summed E-state index contributed by atoms with van der Waals surface area (Å²) in [6.45, 7) is -0.569. The number of ether oxygens (including phenoxy) is 1. The highest BCUT2D eigenvalue weighted by atomic mass is 35.5. The first kappa shape index (κ1) is 14.5. The normalized spacial score (nSPS) is 39.3. The molecule has 1 fully saturated rings. The Labute approximate surface area is 122 Å². The van der Waals surface area contributed by atoms with E-state index in [9.17, 15) is 14.6 Å². The molecule has 9 nitrogen and oxygen atoms in total. The second kappa shape index (κ2) is 4.78. The molecular weight excluding hydrogens is 309 g/mol. The van der Waals surface area contributed by atoms with Crippen LogP contribution in [0.1, 0.15) is 5.69 Å². The Morgan fingerprint density at radius 1 is 1.52 bits per heavy atom. The second-order valence-electron chi connectivity index (χ2n) is 4.74. The number of hydrogen-bond donors (Lipinski definition) is 6. The average molecular weight is 322 g/mol. The summed E-state index contributed by atoms with van der Waals surface area (Å²) >= 11 is 5.72. The van der Waals surface area contributed by atoms with E-state index in [2.05, 4.69) is 15.3 Å². The number of aliphatic hydroxyl groups excluding tert-OH is 3. The van der Waals surface area contributed by atoms with Gasteiger partial charge in [-0.3, -0.25) is 10.3 Å². The highest BCUT2D eigenvalue weighted by molar-refractivity contribution is 6.26. The maximum Gasteiger partial charge on any atom is 0.343 e. The number of aromatic nitrogens is 2. The molecule has 2 aliphatic heterocycles. The van der Waals surface area contributed by atoms with E-state index < -0.39 is 42.4 Å². The number of halogens is 2. The third-order valence-corrected chi connectivity index (χ3v) is 3.74. The first-order chi connectivity index (χ1) is 9.86. The summed E-state index contributed by atoms with van der Waals surface area (Å²) in [5.41, 5.74) is 0.154. The SMILES string of the molecule is N=C1c2[nH]cnc2NC(F)(Cl)N1C1O[C@H](CO)[C@@H](O)[C@@H]1O. The van der Waals surface area contributed by atoms with Crippen molar-refractivity contribution in [2.45, 2.75) is 29.9 Å². The van der Waals surface area contributed by atoms with Gasteiger partial charge in [0.1, 0.15) is 24.0 Å². The Balaban J connectivity index is 1.96. The lowest BCUT2D eigenvalue weighted by molar-refractivity contribution is -0.108. The average Bonchev–Trinajstić information content (AvgIpc) is 2.97. The van der Waals surface area contributed by atoms with Gasteiger partial charge in [0.25, 0.3) is 0 Å². The molecule has 116 valence electrons. The molecule has 0 aromatic carbocycles. The van der Waals surface area contributed by atoms with Gasteiger partial charge in [0.2, 0.25) is 0 Å². The van der Waals surface area contributed by atoms with E-state index in [1.165, 1.54) is 6.33 Å². The minimum atomic E-state index is -2.78. The molecule has 0 bridgehead atoms. The first-order valence-corrected chi connectivity index (χ1v) is 6.44. The zero-order chi connectivity index (χ0) is 15.4. The quantitative estimate of drug-likeness (QED) is 0.295. The van der Waals surface area contributed by atoms with Crippen molar-refractivity contribution < 1.29 is 24.4 Å². The molecule has 21 heavy (non-hydrogen) atoms. The van der Waals surface area contributed by atoms with Crippen LogP contribution in [0.5, 0.6) is 0 Å². The van der Waals surface area contributed by atoms with Crippen molar-refractivity contribution in [3.8, 4) is 0 Å². The van der Waals surface area contributed by atoms with Crippen LogP contribution in [0.2, 0.25) is 0 Å². The van der Waals surface area contributed by atoms with E-state index in [1.54, 1.807) is 0 Å². The van der Waals surface area contributed by atoms with Crippen molar-refractivity contribution in [2.75, 3.05) is 11.9 Å². The van der Waals surface area contributed by atoms with Gasteiger partial charge < -0.3 is 30.4 Å². The Kier molecular flexibility index (Phi) is 3.30. The molecule has 1 aromatic rings. The molecule has 0 spiro atoms. The summed E-state index contributed by atoms with van der Waals surface area (Å²) in [4.78, 5) is 7.04. The molecule has 0 radical (unpaired) electrons. The number of aromatic amines is 1. The highest BCUT2D eigenvalue weighted by Crippen LogP contribution is 2.38. The maximum atomic E-state index is 14.6. The summed E-state index contributed by atoms with van der Waals surface area (Å²) in [7, 11) is 0. The zero-order valence-electron chi connectivity index (χ0n) is 10.5. The Hall–Kier alpha value is -1.46. The van der Waals surface area contributed by atoms with Gasteiger partial charge in [-0.1, -0.05) is 0 Å². The Morgan fingerprint density at radius 2 is 2.24 bits per heavy atom. The van der Waals surface area contributed by atoms with Crippen molar-refractivity contribution in [1.82, 2.24) is 14.9 Å². The van der Waals surface area contributed by atoms with Crippen molar-refractivity contribution in [3.05, 3.63) is 12.0 Å². The minimum absolute atomic E-state index is 0.0421. The van der Waals surface area contributed by atoms with E-state index in [-0.39, 0.29) is 11.5 Å².